The summed E-state index contributed by atoms with van der Waals surface area (Å²) in [6, 6.07) is 9.35. The van der Waals surface area contributed by atoms with Crippen molar-refractivity contribution >= 4 is 52.5 Å². The number of thioether (sulfide) groups is 1. The molecule has 0 bridgehead atoms. The van der Waals surface area contributed by atoms with Crippen LogP contribution in [0.2, 0.25) is 15.1 Å². The molecule has 1 heterocycles. The van der Waals surface area contributed by atoms with Crippen LogP contribution in [0, 0.1) is 5.82 Å². The van der Waals surface area contributed by atoms with Crippen molar-refractivity contribution in [3.63, 3.8) is 0 Å². The minimum atomic E-state index is -0.625. The van der Waals surface area contributed by atoms with Crippen LogP contribution in [-0.2, 0) is 0 Å². The van der Waals surface area contributed by atoms with E-state index in [1.165, 1.54) is 18.2 Å². The summed E-state index contributed by atoms with van der Waals surface area (Å²) in [4.78, 5) is 14.4. The molecule has 1 unspecified atom stereocenters. The third kappa shape index (κ3) is 3.31. The second-order valence-corrected chi connectivity index (χ2v) is 7.42. The molecule has 0 aromatic heterocycles. The van der Waals surface area contributed by atoms with Gasteiger partial charge in [-0.1, -0.05) is 46.9 Å². The molecular formula is C16H11Cl3FNOS. The van der Waals surface area contributed by atoms with Crippen molar-refractivity contribution in [2.24, 2.45) is 0 Å². The van der Waals surface area contributed by atoms with E-state index >= 15 is 0 Å². The van der Waals surface area contributed by atoms with Gasteiger partial charge in [0.1, 0.15) is 11.2 Å². The molecule has 0 aliphatic carbocycles. The molecule has 1 atom stereocenters. The van der Waals surface area contributed by atoms with Gasteiger partial charge in [-0.3, -0.25) is 4.79 Å². The Hall–Kier alpha value is -0.940. The monoisotopic (exact) mass is 389 g/mol. The molecule has 7 heteroatoms. The highest BCUT2D eigenvalue weighted by Crippen LogP contribution is 2.42. The second kappa shape index (κ2) is 6.89. The number of carbonyl (C=O) groups is 1. The lowest BCUT2D eigenvalue weighted by atomic mass is 10.1. The molecule has 0 N–H and O–H groups in total. The van der Waals surface area contributed by atoms with Crippen molar-refractivity contribution in [3.8, 4) is 0 Å². The Morgan fingerprint density at radius 2 is 1.96 bits per heavy atom. The van der Waals surface area contributed by atoms with Crippen molar-refractivity contribution in [1.82, 2.24) is 4.90 Å². The molecule has 23 heavy (non-hydrogen) atoms. The van der Waals surface area contributed by atoms with Crippen LogP contribution in [0.3, 0.4) is 0 Å². The van der Waals surface area contributed by atoms with E-state index in [9.17, 15) is 9.18 Å². The Bertz CT molecular complexity index is 751. The van der Waals surface area contributed by atoms with Gasteiger partial charge in [-0.05, 0) is 24.3 Å². The van der Waals surface area contributed by atoms with Crippen molar-refractivity contribution < 1.29 is 9.18 Å². The third-order valence-corrected chi connectivity index (χ3v) is 5.68. The summed E-state index contributed by atoms with van der Waals surface area (Å²) in [5, 5.41) is 0.821. The Balaban J connectivity index is 1.97. The minimum Gasteiger partial charge on any atom is -0.321 e. The van der Waals surface area contributed by atoms with Crippen LogP contribution >= 0.6 is 46.6 Å². The van der Waals surface area contributed by atoms with Crippen LogP contribution in [0.15, 0.2) is 36.4 Å². The zero-order chi connectivity index (χ0) is 16.6. The lowest BCUT2D eigenvalue weighted by Gasteiger charge is -2.25. The van der Waals surface area contributed by atoms with Gasteiger partial charge in [-0.25, -0.2) is 4.39 Å². The summed E-state index contributed by atoms with van der Waals surface area (Å²) in [6.45, 7) is 0.498. The van der Waals surface area contributed by atoms with E-state index in [-0.39, 0.29) is 16.0 Å². The van der Waals surface area contributed by atoms with Crippen molar-refractivity contribution in [2.45, 2.75) is 5.37 Å². The fourth-order valence-electron chi connectivity index (χ4n) is 2.48. The number of halogens is 4. The lowest BCUT2D eigenvalue weighted by molar-refractivity contribution is 0.0756. The maximum absolute atomic E-state index is 14.0. The average Bonchev–Trinajstić information content (AvgIpc) is 2.96. The molecule has 3 rings (SSSR count). The normalized spacial score (nSPS) is 17.6. The molecule has 0 spiro atoms. The van der Waals surface area contributed by atoms with Crippen LogP contribution in [0.25, 0.3) is 0 Å². The molecule has 1 aliphatic heterocycles. The molecule has 2 aromatic rings. The van der Waals surface area contributed by atoms with Gasteiger partial charge in [0, 0.05) is 27.9 Å². The van der Waals surface area contributed by atoms with Crippen LogP contribution < -0.4 is 0 Å². The molecule has 0 saturated carbocycles. The highest BCUT2D eigenvalue weighted by Gasteiger charge is 2.34. The maximum atomic E-state index is 14.0. The molecule has 1 saturated heterocycles. The highest BCUT2D eigenvalue weighted by atomic mass is 35.5. The van der Waals surface area contributed by atoms with E-state index in [2.05, 4.69) is 0 Å². The first-order valence-electron chi connectivity index (χ1n) is 6.80. The summed E-state index contributed by atoms with van der Waals surface area (Å²) >= 11 is 19.8. The predicted molar refractivity (Wildman–Crippen MR) is 94.1 cm³/mol. The van der Waals surface area contributed by atoms with Crippen LogP contribution in [0.4, 0.5) is 4.39 Å². The first-order chi connectivity index (χ1) is 11.0. The SMILES string of the molecule is O=C(c1c(F)cccc1Cl)N1CCSC1c1ccc(Cl)cc1Cl. The zero-order valence-electron chi connectivity index (χ0n) is 11.7. The maximum Gasteiger partial charge on any atom is 0.259 e. The molecule has 2 aromatic carbocycles. The summed E-state index contributed by atoms with van der Waals surface area (Å²) in [5.74, 6) is -0.323. The number of amides is 1. The number of rotatable bonds is 2. The quantitative estimate of drug-likeness (QED) is 0.658. The topological polar surface area (TPSA) is 20.3 Å². The number of benzene rings is 2. The first kappa shape index (κ1) is 16.9. The highest BCUT2D eigenvalue weighted by molar-refractivity contribution is 7.99. The van der Waals surface area contributed by atoms with Gasteiger partial charge in [-0.2, -0.15) is 0 Å². The standard InChI is InChI=1S/C16H11Cl3FNOS/c17-9-4-5-10(12(19)8-9)16-21(6-7-23-16)15(22)14-11(18)2-1-3-13(14)20/h1-5,8,16H,6-7H2. The van der Waals surface area contributed by atoms with Gasteiger partial charge < -0.3 is 4.90 Å². The number of hydrogen-bond acceptors (Lipinski definition) is 2. The predicted octanol–water partition coefficient (Wildman–Crippen LogP) is 5.67. The van der Waals surface area contributed by atoms with Gasteiger partial charge in [0.25, 0.3) is 5.91 Å². The fraction of sp³-hybridized carbons (Fsp3) is 0.188. The molecule has 0 radical (unpaired) electrons. The molecule has 1 fully saturated rings. The third-order valence-electron chi connectivity index (χ3n) is 3.56. The van der Waals surface area contributed by atoms with Gasteiger partial charge in [0.05, 0.1) is 10.6 Å². The van der Waals surface area contributed by atoms with Crippen molar-refractivity contribution in [2.75, 3.05) is 12.3 Å². The Morgan fingerprint density at radius 1 is 1.17 bits per heavy atom. The number of hydrogen-bond donors (Lipinski definition) is 0. The molecule has 1 amide bonds. The van der Waals surface area contributed by atoms with Crippen molar-refractivity contribution in [1.29, 1.82) is 0 Å². The average molecular weight is 391 g/mol. The van der Waals surface area contributed by atoms with Gasteiger partial charge in [0.15, 0.2) is 0 Å². The molecule has 2 nitrogen and oxygen atoms in total. The van der Waals surface area contributed by atoms with Crippen LogP contribution in [0.5, 0.6) is 0 Å². The summed E-state index contributed by atoms with van der Waals surface area (Å²) in [7, 11) is 0. The fourth-order valence-corrected chi connectivity index (χ4v) is 4.60. The molecule has 1 aliphatic rings. The summed E-state index contributed by atoms with van der Waals surface area (Å²) in [5.41, 5.74) is 0.672. The van der Waals surface area contributed by atoms with E-state index in [0.29, 0.717) is 16.6 Å². The van der Waals surface area contributed by atoms with E-state index in [1.54, 1.807) is 34.9 Å². The summed E-state index contributed by atoms with van der Waals surface area (Å²) < 4.78 is 14.0. The van der Waals surface area contributed by atoms with Gasteiger partial charge >= 0.3 is 0 Å². The Labute approximate surface area is 152 Å². The van der Waals surface area contributed by atoms with Gasteiger partial charge in [-0.15, -0.1) is 11.8 Å². The molecular weight excluding hydrogens is 380 g/mol. The molecule has 120 valence electrons. The smallest absolute Gasteiger partial charge is 0.259 e. The van der Waals surface area contributed by atoms with E-state index < -0.39 is 11.7 Å². The van der Waals surface area contributed by atoms with E-state index in [0.717, 1.165) is 11.3 Å². The van der Waals surface area contributed by atoms with Crippen LogP contribution in [0.1, 0.15) is 21.3 Å². The summed E-state index contributed by atoms with van der Waals surface area (Å²) in [6.07, 6.45) is 0. The minimum absolute atomic E-state index is 0.104. The lowest BCUT2D eigenvalue weighted by Crippen LogP contribution is -2.31. The van der Waals surface area contributed by atoms with Crippen LogP contribution in [-0.4, -0.2) is 23.1 Å². The Kier molecular flexibility index (Phi) is 5.07. The van der Waals surface area contributed by atoms with Gasteiger partial charge in [0.2, 0.25) is 0 Å². The van der Waals surface area contributed by atoms with E-state index in [4.69, 9.17) is 34.8 Å². The Morgan fingerprint density at radius 3 is 2.65 bits per heavy atom. The largest absolute Gasteiger partial charge is 0.321 e. The number of nitrogens with zero attached hydrogens (tertiary/aromatic N) is 1. The van der Waals surface area contributed by atoms with Crippen molar-refractivity contribution in [3.05, 3.63) is 68.4 Å². The second-order valence-electron chi connectivity index (χ2n) is 4.98. The number of carbonyl (C=O) groups excluding carboxylic acids is 1. The van der Waals surface area contributed by atoms with E-state index in [1.807, 2.05) is 0 Å². The zero-order valence-corrected chi connectivity index (χ0v) is 14.8. The first-order valence-corrected chi connectivity index (χ1v) is 8.99.